The second-order valence-electron chi connectivity index (χ2n) is 8.39. The average molecular weight is 541 g/mol. The minimum atomic E-state index is -3.80. The van der Waals surface area contributed by atoms with E-state index in [0.29, 0.717) is 11.3 Å². The summed E-state index contributed by atoms with van der Waals surface area (Å²) in [5, 5.41) is 16.1. The number of aromatic nitrogens is 2. The van der Waals surface area contributed by atoms with Crippen LogP contribution in [0.4, 0.5) is 11.4 Å². The van der Waals surface area contributed by atoms with Crippen molar-refractivity contribution < 1.29 is 32.4 Å². The summed E-state index contributed by atoms with van der Waals surface area (Å²) in [6.07, 6.45) is 0. The molecule has 0 unspecified atom stereocenters. The van der Waals surface area contributed by atoms with E-state index in [2.05, 4.69) is 5.10 Å². The van der Waals surface area contributed by atoms with Crippen LogP contribution in [0, 0.1) is 17.0 Å². The topological polar surface area (TPSA) is 151 Å². The number of benzene rings is 2. The number of fused-ring (bicyclic) bond motifs is 1. The number of sulfonamides is 1. The molecule has 2 aromatic carbocycles. The van der Waals surface area contributed by atoms with Crippen LogP contribution in [0.15, 0.2) is 47.9 Å². The van der Waals surface area contributed by atoms with Crippen molar-refractivity contribution in [2.45, 2.75) is 13.8 Å². The number of carbonyl (C=O) groups excluding carboxylic acids is 2. The number of non-ortho nitro benzene ring substituents is 1. The number of anilines is 1. The maximum Gasteiger partial charge on any atom is 0.269 e. The number of carbonyl (C=O) groups is 2. The first kappa shape index (κ1) is 26.5. The third-order valence-corrected chi connectivity index (χ3v) is 7.41. The Morgan fingerprint density at radius 1 is 1.05 bits per heavy atom. The van der Waals surface area contributed by atoms with E-state index in [-0.39, 0.29) is 46.3 Å². The molecule has 1 aliphatic rings. The quantitative estimate of drug-likeness (QED) is 0.226. The Labute approximate surface area is 218 Å². The van der Waals surface area contributed by atoms with Gasteiger partial charge < -0.3 is 9.47 Å². The molecular weight excluding hydrogens is 516 g/mol. The third-order valence-electron chi connectivity index (χ3n) is 5.94. The number of ether oxygens (including phenoxy) is 2. The number of ketones is 2. The predicted molar refractivity (Wildman–Crippen MR) is 138 cm³/mol. The fourth-order valence-electron chi connectivity index (χ4n) is 4.02. The van der Waals surface area contributed by atoms with Crippen molar-refractivity contribution in [3.63, 3.8) is 0 Å². The molecule has 3 aromatic rings. The van der Waals surface area contributed by atoms with Gasteiger partial charge in [0.1, 0.15) is 11.3 Å². The number of nitrogens with zero attached hydrogens (tertiary/aromatic N) is 4. The van der Waals surface area contributed by atoms with Crippen LogP contribution in [-0.2, 0) is 21.8 Å². The van der Waals surface area contributed by atoms with Crippen LogP contribution in [0.1, 0.15) is 44.5 Å². The highest BCUT2D eigenvalue weighted by molar-refractivity contribution is 7.95. The fraction of sp³-hybridized carbons (Fsp3) is 0.240. The lowest BCUT2D eigenvalue weighted by molar-refractivity contribution is -0.384. The van der Waals surface area contributed by atoms with Crippen molar-refractivity contribution in [2.24, 2.45) is 7.05 Å². The molecular formula is C25H24N4O8S. The van der Waals surface area contributed by atoms with Crippen molar-refractivity contribution in [2.75, 3.05) is 24.6 Å². The molecule has 0 saturated heterocycles. The first-order chi connectivity index (χ1) is 17.9. The Kier molecular flexibility index (Phi) is 7.05. The molecule has 1 aromatic heterocycles. The molecule has 0 radical (unpaired) electrons. The van der Waals surface area contributed by atoms with E-state index >= 15 is 0 Å². The zero-order valence-corrected chi connectivity index (χ0v) is 21.8. The van der Waals surface area contributed by atoms with Gasteiger partial charge in [-0.1, -0.05) is 6.07 Å². The Morgan fingerprint density at radius 3 is 2.34 bits per heavy atom. The number of aryl methyl sites for hydroxylation is 2. The first-order valence-corrected chi connectivity index (χ1v) is 12.9. The maximum atomic E-state index is 13.6. The van der Waals surface area contributed by atoms with E-state index in [1.807, 2.05) is 0 Å². The molecule has 13 heteroatoms. The van der Waals surface area contributed by atoms with Crippen LogP contribution in [0.2, 0.25) is 0 Å². The Bertz CT molecular complexity index is 1590. The lowest BCUT2D eigenvalue weighted by Crippen LogP contribution is -2.29. The average Bonchev–Trinajstić information content (AvgIpc) is 3.17. The van der Waals surface area contributed by atoms with Crippen LogP contribution in [0.25, 0.3) is 5.76 Å². The van der Waals surface area contributed by atoms with Gasteiger partial charge >= 0.3 is 0 Å². The highest BCUT2D eigenvalue weighted by atomic mass is 32.2. The van der Waals surface area contributed by atoms with Gasteiger partial charge in [0.15, 0.2) is 18.2 Å². The minimum absolute atomic E-state index is 0.0522. The zero-order chi connectivity index (χ0) is 27.8. The molecule has 4 rings (SSSR count). The highest BCUT2D eigenvalue weighted by Crippen LogP contribution is 2.36. The van der Waals surface area contributed by atoms with E-state index in [1.165, 1.54) is 42.1 Å². The smallest absolute Gasteiger partial charge is 0.269 e. The summed E-state index contributed by atoms with van der Waals surface area (Å²) in [6, 6.07) is 9.71. The SMILES string of the molecule is CCOC1=CS(=O)(=O)N(C)c2cc(C(=O)c3c(C)nn(C)c3OCC(=O)c3ccc([N+](=O)[O-])cc3)ccc21. The highest BCUT2D eigenvalue weighted by Gasteiger charge is 2.30. The van der Waals surface area contributed by atoms with Gasteiger partial charge in [-0.15, -0.1) is 0 Å². The summed E-state index contributed by atoms with van der Waals surface area (Å²) >= 11 is 0. The van der Waals surface area contributed by atoms with Crippen LogP contribution in [0.5, 0.6) is 5.88 Å². The molecule has 0 fully saturated rings. The molecule has 2 heterocycles. The number of rotatable bonds is 9. The molecule has 0 N–H and O–H groups in total. The number of nitro benzene ring substituents is 1. The van der Waals surface area contributed by atoms with Crippen molar-refractivity contribution in [1.29, 1.82) is 0 Å². The van der Waals surface area contributed by atoms with Gasteiger partial charge in [0, 0.05) is 42.9 Å². The molecule has 38 heavy (non-hydrogen) atoms. The molecule has 0 saturated carbocycles. The van der Waals surface area contributed by atoms with Crippen LogP contribution in [-0.4, -0.2) is 54.9 Å². The maximum absolute atomic E-state index is 13.6. The van der Waals surface area contributed by atoms with Gasteiger partial charge in [-0.2, -0.15) is 5.10 Å². The summed E-state index contributed by atoms with van der Waals surface area (Å²) in [5.74, 6) is -0.690. The van der Waals surface area contributed by atoms with E-state index in [0.717, 1.165) is 9.71 Å². The van der Waals surface area contributed by atoms with Crippen molar-refractivity contribution in [3.05, 3.63) is 85.9 Å². The molecule has 0 spiro atoms. The first-order valence-electron chi connectivity index (χ1n) is 11.4. The Balaban J connectivity index is 1.63. The lowest BCUT2D eigenvalue weighted by Gasteiger charge is -2.27. The molecule has 0 atom stereocenters. The van der Waals surface area contributed by atoms with Crippen LogP contribution in [0.3, 0.4) is 0 Å². The van der Waals surface area contributed by atoms with Gasteiger partial charge in [0.2, 0.25) is 5.88 Å². The summed E-state index contributed by atoms with van der Waals surface area (Å²) in [5.41, 5.74) is 1.51. The zero-order valence-electron chi connectivity index (χ0n) is 21.0. The molecule has 1 aliphatic heterocycles. The Hall–Kier alpha value is -4.52. The van der Waals surface area contributed by atoms with Crippen molar-refractivity contribution in [1.82, 2.24) is 9.78 Å². The number of hydrogen-bond donors (Lipinski definition) is 0. The van der Waals surface area contributed by atoms with E-state index in [1.54, 1.807) is 33.0 Å². The summed E-state index contributed by atoms with van der Waals surface area (Å²) in [6.45, 7) is 3.18. The number of nitro groups is 1. The molecule has 198 valence electrons. The second kappa shape index (κ2) is 10.1. The van der Waals surface area contributed by atoms with Gasteiger partial charge in [0.05, 0.1) is 28.3 Å². The Morgan fingerprint density at radius 2 is 1.71 bits per heavy atom. The monoisotopic (exact) mass is 540 g/mol. The van der Waals surface area contributed by atoms with Gasteiger partial charge in [0.25, 0.3) is 15.7 Å². The summed E-state index contributed by atoms with van der Waals surface area (Å²) < 4.78 is 38.8. The summed E-state index contributed by atoms with van der Waals surface area (Å²) in [4.78, 5) is 36.5. The molecule has 0 amide bonds. The molecule has 12 nitrogen and oxygen atoms in total. The minimum Gasteiger partial charge on any atom is -0.492 e. The van der Waals surface area contributed by atoms with Crippen molar-refractivity contribution >= 4 is 38.7 Å². The van der Waals surface area contributed by atoms with Crippen molar-refractivity contribution in [3.8, 4) is 5.88 Å². The third kappa shape index (κ3) is 4.87. The normalized spacial score (nSPS) is 13.9. The largest absolute Gasteiger partial charge is 0.492 e. The number of hydrogen-bond acceptors (Lipinski definition) is 9. The predicted octanol–water partition coefficient (Wildman–Crippen LogP) is 3.24. The second-order valence-corrected chi connectivity index (χ2v) is 10.2. The van der Waals surface area contributed by atoms with E-state index in [4.69, 9.17) is 9.47 Å². The van der Waals surface area contributed by atoms with E-state index < -0.39 is 33.1 Å². The van der Waals surface area contributed by atoms with Gasteiger partial charge in [-0.05, 0) is 38.1 Å². The molecule has 0 bridgehead atoms. The fourth-order valence-corrected chi connectivity index (χ4v) is 5.07. The standard InChI is InChI=1S/C25H24N4O8S/c1-5-36-22-14-38(34,35)28(4)20-12-17(8-11-19(20)22)24(31)23-15(2)26-27(3)25(23)37-13-21(30)16-6-9-18(10-7-16)29(32)33/h6-12,14H,5,13H2,1-4H3. The van der Waals surface area contributed by atoms with Crippen LogP contribution >= 0.6 is 0 Å². The number of Topliss-reactive ketones (excluding diaryl/α,β-unsaturated/α-hetero) is 1. The van der Waals surface area contributed by atoms with Crippen LogP contribution < -0.4 is 9.04 Å². The lowest BCUT2D eigenvalue weighted by atomic mass is 10.00. The van der Waals surface area contributed by atoms with Gasteiger partial charge in [-0.3, -0.25) is 24.0 Å². The summed E-state index contributed by atoms with van der Waals surface area (Å²) in [7, 11) is -0.857. The van der Waals surface area contributed by atoms with Gasteiger partial charge in [-0.25, -0.2) is 13.1 Å². The molecule has 0 aliphatic carbocycles. The van der Waals surface area contributed by atoms with E-state index in [9.17, 15) is 28.1 Å².